The van der Waals surface area contributed by atoms with E-state index in [1.54, 1.807) is 0 Å². The van der Waals surface area contributed by atoms with Gasteiger partial charge in [-0.1, -0.05) is 141 Å². The van der Waals surface area contributed by atoms with Gasteiger partial charge < -0.3 is 19.8 Å². The summed E-state index contributed by atoms with van der Waals surface area (Å²) in [5.74, 6) is -1.83. The molecule has 0 heterocycles. The van der Waals surface area contributed by atoms with E-state index >= 15 is 0 Å². The van der Waals surface area contributed by atoms with Crippen LogP contribution in [0.5, 0.6) is 0 Å². The first-order chi connectivity index (χ1) is 19.5. The first kappa shape index (κ1) is 50.5. The van der Waals surface area contributed by atoms with E-state index in [2.05, 4.69) is 38.2 Å². The first-order valence-corrected chi connectivity index (χ1v) is 17.2. The number of unbranched alkanes of at least 4 members (excludes halogenated alkanes) is 22. The van der Waals surface area contributed by atoms with E-state index in [1.165, 1.54) is 128 Å². The van der Waals surface area contributed by atoms with E-state index < -0.39 is 11.9 Å². The Kier molecular flexibility index (Phi) is 56.7. The average molecular weight is 641 g/mol. The molecule has 6 heteroatoms. The zero-order valence-corrected chi connectivity index (χ0v) is 35.0. The van der Waals surface area contributed by atoms with Crippen LogP contribution in [0.3, 0.4) is 0 Å². The predicted octanol–water partition coefficient (Wildman–Crippen LogP) is 3.56. The Bertz CT molecular complexity index is 529. The molecule has 0 aromatic rings. The smallest absolute Gasteiger partial charge is 0.550 e. The summed E-state index contributed by atoms with van der Waals surface area (Å²) in [6, 6.07) is 0. The van der Waals surface area contributed by atoms with Crippen molar-refractivity contribution in [3.8, 4) is 0 Å². The summed E-state index contributed by atoms with van der Waals surface area (Å²) in [5, 5.41) is 20.4. The van der Waals surface area contributed by atoms with E-state index in [9.17, 15) is 19.8 Å². The van der Waals surface area contributed by atoms with Crippen LogP contribution in [0.25, 0.3) is 0 Å². The molecule has 4 nitrogen and oxygen atoms in total. The molecular weight excluding hydrogens is 575 g/mol. The van der Waals surface area contributed by atoms with Gasteiger partial charge in [0.05, 0.1) is 0 Å². The Balaban J connectivity index is -0.000000328. The summed E-state index contributed by atoms with van der Waals surface area (Å²) in [6.45, 7) is 4.51. The Labute approximate surface area is 347 Å². The van der Waals surface area contributed by atoms with Crippen molar-refractivity contribution in [3.05, 3.63) is 24.3 Å². The van der Waals surface area contributed by atoms with Crippen LogP contribution in [0.2, 0.25) is 0 Å². The molecule has 0 aliphatic heterocycles. The fourth-order valence-corrected chi connectivity index (χ4v) is 4.68. The van der Waals surface area contributed by atoms with Gasteiger partial charge in [0.2, 0.25) is 0 Å². The monoisotopic (exact) mass is 640 g/mol. The topological polar surface area (TPSA) is 80.3 Å². The summed E-state index contributed by atoms with van der Waals surface area (Å²) in [7, 11) is 0. The van der Waals surface area contributed by atoms with Gasteiger partial charge in [-0.15, -0.1) is 0 Å². The van der Waals surface area contributed by atoms with Crippen molar-refractivity contribution in [2.45, 2.75) is 194 Å². The third-order valence-corrected chi connectivity index (χ3v) is 7.29. The van der Waals surface area contributed by atoms with E-state index in [-0.39, 0.29) is 116 Å². The van der Waals surface area contributed by atoms with Crippen molar-refractivity contribution in [2.75, 3.05) is 0 Å². The van der Waals surface area contributed by atoms with Crippen LogP contribution in [0.15, 0.2) is 24.3 Å². The van der Waals surface area contributed by atoms with Crippen LogP contribution >= 0.6 is 0 Å². The van der Waals surface area contributed by atoms with Crippen LogP contribution in [0.1, 0.15) is 194 Å². The SMILES string of the molecule is CCCCCCCC/C=C\CCCCCCCC(=O)[O-].CCCCCCCC/C=C\CCCCCCCC(=O)[O-].[K+].[K+]. The van der Waals surface area contributed by atoms with Gasteiger partial charge in [0.1, 0.15) is 0 Å². The minimum atomic E-state index is -0.914. The summed E-state index contributed by atoms with van der Waals surface area (Å²) in [4.78, 5) is 20.4. The van der Waals surface area contributed by atoms with Crippen LogP contribution in [0, 0.1) is 0 Å². The molecule has 0 N–H and O–H groups in total. The number of allylic oxidation sites excluding steroid dienone is 4. The maximum atomic E-state index is 10.2. The van der Waals surface area contributed by atoms with Crippen LogP contribution < -0.4 is 113 Å². The molecule has 0 aliphatic carbocycles. The van der Waals surface area contributed by atoms with Crippen LogP contribution in [-0.4, -0.2) is 11.9 Å². The second kappa shape index (κ2) is 47.1. The number of rotatable bonds is 30. The molecule has 0 fully saturated rings. The molecule has 0 rings (SSSR count). The van der Waals surface area contributed by atoms with Crippen molar-refractivity contribution >= 4 is 11.9 Å². The standard InChI is InChI=1S/2C18H34O2.2K/c2*1-2-3-4-5-6-7-8-9-10-11-12-13-14-15-16-17-18(19)20;;/h2*9-10H,2-8,11-17H2,1H3,(H,19,20);;/q;;2*+1/p-2/b2*10-9-;;. The number of carboxylic acids is 2. The van der Waals surface area contributed by atoms with Gasteiger partial charge in [-0.25, -0.2) is 0 Å². The molecule has 0 radical (unpaired) electrons. The van der Waals surface area contributed by atoms with E-state index in [0.29, 0.717) is 0 Å². The maximum Gasteiger partial charge on any atom is 1.00 e. The van der Waals surface area contributed by atoms with Gasteiger partial charge in [-0.05, 0) is 77.0 Å². The van der Waals surface area contributed by atoms with Gasteiger partial charge in [0, 0.05) is 11.9 Å². The third kappa shape index (κ3) is 54.2. The number of carbonyl (C=O) groups excluding carboxylic acids is 2. The Hall–Kier alpha value is 1.69. The van der Waals surface area contributed by atoms with Gasteiger partial charge in [-0.3, -0.25) is 0 Å². The molecule has 0 unspecified atom stereocenters. The van der Waals surface area contributed by atoms with Crippen molar-refractivity contribution in [1.29, 1.82) is 0 Å². The fourth-order valence-electron chi connectivity index (χ4n) is 4.68. The third-order valence-electron chi connectivity index (χ3n) is 7.29. The zero-order chi connectivity index (χ0) is 29.8. The molecule has 42 heavy (non-hydrogen) atoms. The summed E-state index contributed by atoms with van der Waals surface area (Å²) in [6.07, 6.45) is 41.8. The van der Waals surface area contributed by atoms with Crippen LogP contribution in [0.4, 0.5) is 0 Å². The molecule has 0 saturated heterocycles. The molecule has 236 valence electrons. The minimum Gasteiger partial charge on any atom is -0.550 e. The van der Waals surface area contributed by atoms with E-state index in [1.807, 2.05) is 0 Å². The Morgan fingerprint density at radius 3 is 0.833 bits per heavy atom. The quantitative estimate of drug-likeness (QED) is 0.0684. The maximum absolute atomic E-state index is 10.2. The Morgan fingerprint density at radius 1 is 0.381 bits per heavy atom. The predicted molar refractivity (Wildman–Crippen MR) is 169 cm³/mol. The molecule has 0 aromatic carbocycles. The molecule has 0 spiro atoms. The summed E-state index contributed by atoms with van der Waals surface area (Å²) in [5.41, 5.74) is 0. The van der Waals surface area contributed by atoms with Gasteiger partial charge in [0.25, 0.3) is 0 Å². The minimum absolute atomic E-state index is 0. The molecule has 0 saturated carbocycles. The zero-order valence-electron chi connectivity index (χ0n) is 28.7. The first-order valence-electron chi connectivity index (χ1n) is 17.2. The van der Waals surface area contributed by atoms with Gasteiger partial charge in [0.15, 0.2) is 0 Å². The van der Waals surface area contributed by atoms with E-state index in [4.69, 9.17) is 0 Å². The van der Waals surface area contributed by atoms with Gasteiger partial charge >= 0.3 is 103 Å². The molecule has 0 bridgehead atoms. The van der Waals surface area contributed by atoms with Gasteiger partial charge in [-0.2, -0.15) is 0 Å². The number of aliphatic carboxylic acids is 2. The second-order valence-corrected chi connectivity index (χ2v) is 11.4. The van der Waals surface area contributed by atoms with Crippen molar-refractivity contribution in [3.63, 3.8) is 0 Å². The number of carbonyl (C=O) groups is 2. The molecule has 0 atom stereocenters. The largest absolute Gasteiger partial charge is 1.00 e. The number of hydrogen-bond donors (Lipinski definition) is 0. The fraction of sp³-hybridized carbons (Fsp3) is 0.833. The summed E-state index contributed by atoms with van der Waals surface area (Å²) >= 11 is 0. The second-order valence-electron chi connectivity index (χ2n) is 11.4. The average Bonchev–Trinajstić information content (AvgIpc) is 2.93. The molecule has 0 aromatic heterocycles. The molecule has 0 amide bonds. The number of carboxylic acid groups (broad SMARTS) is 2. The molecular formula is C36H66K2O4. The molecule has 0 aliphatic rings. The van der Waals surface area contributed by atoms with Crippen molar-refractivity contribution < 1.29 is 123 Å². The normalized spacial score (nSPS) is 10.7. The van der Waals surface area contributed by atoms with Crippen molar-refractivity contribution in [1.82, 2.24) is 0 Å². The van der Waals surface area contributed by atoms with Crippen molar-refractivity contribution in [2.24, 2.45) is 0 Å². The van der Waals surface area contributed by atoms with E-state index in [0.717, 1.165) is 38.5 Å². The van der Waals surface area contributed by atoms with Crippen LogP contribution in [-0.2, 0) is 9.59 Å². The number of hydrogen-bond acceptors (Lipinski definition) is 4. The Morgan fingerprint density at radius 2 is 0.595 bits per heavy atom. The summed E-state index contributed by atoms with van der Waals surface area (Å²) < 4.78 is 0.